The minimum Gasteiger partial charge on any atom is -0.395 e. The molecule has 1 heterocycles. The van der Waals surface area contributed by atoms with E-state index in [0.717, 1.165) is 25.8 Å². The fourth-order valence-corrected chi connectivity index (χ4v) is 3.00. The van der Waals surface area contributed by atoms with Crippen LogP contribution in [0.15, 0.2) is 0 Å². The largest absolute Gasteiger partial charge is 0.395 e. The minimum absolute atomic E-state index is 0.141. The van der Waals surface area contributed by atoms with E-state index in [-0.39, 0.29) is 23.7 Å². The van der Waals surface area contributed by atoms with Crippen LogP contribution in [-0.2, 0) is 9.84 Å². The van der Waals surface area contributed by atoms with Crippen molar-refractivity contribution in [1.82, 2.24) is 4.90 Å². The number of hydrogen-bond donors (Lipinski definition) is 1. The second kappa shape index (κ2) is 5.98. The van der Waals surface area contributed by atoms with Gasteiger partial charge in [-0.3, -0.25) is 4.90 Å². The van der Waals surface area contributed by atoms with Crippen LogP contribution in [0.2, 0.25) is 0 Å². The van der Waals surface area contributed by atoms with Crippen molar-refractivity contribution >= 4 is 9.84 Å². The first-order chi connectivity index (χ1) is 7.47. The van der Waals surface area contributed by atoms with Crippen molar-refractivity contribution in [3.05, 3.63) is 0 Å². The summed E-state index contributed by atoms with van der Waals surface area (Å²) >= 11 is 0. The fraction of sp³-hybridized carbons (Fsp3) is 1.00. The number of aliphatic hydroxyl groups is 1. The molecule has 4 nitrogen and oxygen atoms in total. The standard InChI is InChI=1S/C11H23NO3S/c1-10(2)16(14,15)8-7-12-6-4-3-5-11(12)9-13/h10-11,13H,3-9H2,1-2H3. The zero-order valence-electron chi connectivity index (χ0n) is 10.2. The zero-order chi connectivity index (χ0) is 12.2. The van der Waals surface area contributed by atoms with Crippen molar-refractivity contribution in [2.75, 3.05) is 25.4 Å². The van der Waals surface area contributed by atoms with E-state index in [9.17, 15) is 13.5 Å². The van der Waals surface area contributed by atoms with Crippen molar-refractivity contribution in [1.29, 1.82) is 0 Å². The molecule has 16 heavy (non-hydrogen) atoms. The van der Waals surface area contributed by atoms with E-state index >= 15 is 0 Å². The molecule has 0 aromatic carbocycles. The van der Waals surface area contributed by atoms with Gasteiger partial charge in [-0.05, 0) is 33.2 Å². The fourth-order valence-electron chi connectivity index (χ4n) is 2.04. The van der Waals surface area contributed by atoms with E-state index in [4.69, 9.17) is 0 Å². The van der Waals surface area contributed by atoms with Crippen LogP contribution in [0.25, 0.3) is 0 Å². The second-order valence-corrected chi connectivity index (χ2v) is 7.46. The lowest BCUT2D eigenvalue weighted by atomic mass is 10.0. The van der Waals surface area contributed by atoms with Gasteiger partial charge in [0.2, 0.25) is 0 Å². The molecular formula is C11H23NO3S. The molecule has 1 unspecified atom stereocenters. The molecule has 1 aliphatic heterocycles. The van der Waals surface area contributed by atoms with Crippen LogP contribution in [0.5, 0.6) is 0 Å². The van der Waals surface area contributed by atoms with Gasteiger partial charge in [-0.15, -0.1) is 0 Å². The highest BCUT2D eigenvalue weighted by atomic mass is 32.2. The molecule has 0 amide bonds. The Morgan fingerprint density at radius 3 is 2.62 bits per heavy atom. The van der Waals surface area contributed by atoms with Gasteiger partial charge in [0.05, 0.1) is 17.6 Å². The minimum atomic E-state index is -2.95. The Morgan fingerprint density at radius 1 is 1.38 bits per heavy atom. The number of rotatable bonds is 5. The number of piperidine rings is 1. The lowest BCUT2D eigenvalue weighted by molar-refractivity contribution is 0.0958. The average Bonchev–Trinajstić information content (AvgIpc) is 2.26. The van der Waals surface area contributed by atoms with Gasteiger partial charge in [0, 0.05) is 12.6 Å². The molecule has 96 valence electrons. The monoisotopic (exact) mass is 249 g/mol. The predicted octanol–water partition coefficient (Wildman–Crippen LogP) is 0.656. The van der Waals surface area contributed by atoms with Gasteiger partial charge in [0.15, 0.2) is 9.84 Å². The molecule has 1 saturated heterocycles. The lowest BCUT2D eigenvalue weighted by Crippen LogP contribution is -2.44. The number of likely N-dealkylation sites (tertiary alicyclic amines) is 1. The Labute approximate surface area is 98.6 Å². The first-order valence-electron chi connectivity index (χ1n) is 6.04. The van der Waals surface area contributed by atoms with E-state index in [1.165, 1.54) is 0 Å². The van der Waals surface area contributed by atoms with Crippen molar-refractivity contribution in [3.8, 4) is 0 Å². The maximum atomic E-state index is 11.7. The van der Waals surface area contributed by atoms with E-state index in [2.05, 4.69) is 4.90 Å². The van der Waals surface area contributed by atoms with Gasteiger partial charge in [0.25, 0.3) is 0 Å². The molecule has 1 fully saturated rings. The Balaban J connectivity index is 2.47. The Morgan fingerprint density at radius 2 is 2.06 bits per heavy atom. The molecule has 0 bridgehead atoms. The van der Waals surface area contributed by atoms with Crippen LogP contribution < -0.4 is 0 Å². The first kappa shape index (κ1) is 13.9. The molecule has 1 N–H and O–H groups in total. The van der Waals surface area contributed by atoms with Gasteiger partial charge in [-0.1, -0.05) is 6.42 Å². The third kappa shape index (κ3) is 3.71. The van der Waals surface area contributed by atoms with E-state index in [0.29, 0.717) is 6.54 Å². The van der Waals surface area contributed by atoms with Gasteiger partial charge in [-0.2, -0.15) is 0 Å². The summed E-state index contributed by atoms with van der Waals surface area (Å²) in [5.41, 5.74) is 0. The van der Waals surface area contributed by atoms with Crippen LogP contribution >= 0.6 is 0 Å². The summed E-state index contributed by atoms with van der Waals surface area (Å²) in [4.78, 5) is 2.11. The highest BCUT2D eigenvalue weighted by molar-refractivity contribution is 7.92. The number of nitrogens with zero attached hydrogens (tertiary/aromatic N) is 1. The zero-order valence-corrected chi connectivity index (χ0v) is 11.0. The normalized spacial score (nSPS) is 23.9. The van der Waals surface area contributed by atoms with E-state index < -0.39 is 9.84 Å². The summed E-state index contributed by atoms with van der Waals surface area (Å²) in [5.74, 6) is 0.209. The summed E-state index contributed by atoms with van der Waals surface area (Å²) < 4.78 is 23.4. The second-order valence-electron chi connectivity index (χ2n) is 4.78. The number of sulfone groups is 1. The molecule has 1 atom stereocenters. The summed E-state index contributed by atoms with van der Waals surface area (Å²) in [7, 11) is -2.95. The number of aliphatic hydroxyl groups excluding tert-OH is 1. The average molecular weight is 249 g/mol. The number of hydrogen-bond acceptors (Lipinski definition) is 4. The summed E-state index contributed by atoms with van der Waals surface area (Å²) in [6.45, 7) is 5.05. The molecule has 0 aromatic rings. The third-order valence-corrected chi connectivity index (χ3v) is 5.53. The summed E-state index contributed by atoms with van der Waals surface area (Å²) in [6, 6.07) is 0.163. The van der Waals surface area contributed by atoms with E-state index in [1.54, 1.807) is 13.8 Å². The highest BCUT2D eigenvalue weighted by Crippen LogP contribution is 2.16. The predicted molar refractivity (Wildman–Crippen MR) is 65.2 cm³/mol. The molecule has 0 aromatic heterocycles. The summed E-state index contributed by atoms with van der Waals surface area (Å²) in [5, 5.41) is 8.91. The van der Waals surface area contributed by atoms with Crippen LogP contribution in [0.4, 0.5) is 0 Å². The molecule has 0 saturated carbocycles. The van der Waals surface area contributed by atoms with Crippen molar-refractivity contribution in [2.45, 2.75) is 44.4 Å². The lowest BCUT2D eigenvalue weighted by Gasteiger charge is -2.34. The molecule has 1 aliphatic rings. The SMILES string of the molecule is CC(C)S(=O)(=O)CCN1CCCCC1CO. The molecule has 5 heteroatoms. The van der Waals surface area contributed by atoms with Gasteiger partial charge in [-0.25, -0.2) is 8.42 Å². The van der Waals surface area contributed by atoms with Gasteiger partial charge in [0.1, 0.15) is 0 Å². The van der Waals surface area contributed by atoms with Crippen molar-refractivity contribution in [2.24, 2.45) is 0 Å². The maximum absolute atomic E-state index is 11.7. The first-order valence-corrected chi connectivity index (χ1v) is 7.75. The van der Waals surface area contributed by atoms with Crippen LogP contribution in [0, 0.1) is 0 Å². The Kier molecular flexibility index (Phi) is 5.21. The van der Waals surface area contributed by atoms with Crippen LogP contribution in [0.1, 0.15) is 33.1 Å². The third-order valence-electron chi connectivity index (χ3n) is 3.34. The highest BCUT2D eigenvalue weighted by Gasteiger charge is 2.24. The maximum Gasteiger partial charge on any atom is 0.153 e. The molecule has 1 rings (SSSR count). The molecular weight excluding hydrogens is 226 g/mol. The van der Waals surface area contributed by atoms with Gasteiger partial charge >= 0.3 is 0 Å². The molecule has 0 radical (unpaired) electrons. The van der Waals surface area contributed by atoms with E-state index in [1.807, 2.05) is 0 Å². The quantitative estimate of drug-likeness (QED) is 0.777. The smallest absolute Gasteiger partial charge is 0.153 e. The Hall–Kier alpha value is -0.130. The molecule has 0 aliphatic carbocycles. The molecule has 0 spiro atoms. The summed E-state index contributed by atoms with van der Waals surface area (Å²) in [6.07, 6.45) is 3.23. The Bertz CT molecular complexity index is 300. The van der Waals surface area contributed by atoms with Crippen LogP contribution in [0.3, 0.4) is 0 Å². The van der Waals surface area contributed by atoms with Crippen LogP contribution in [-0.4, -0.2) is 55.2 Å². The van der Waals surface area contributed by atoms with Crippen molar-refractivity contribution < 1.29 is 13.5 Å². The topological polar surface area (TPSA) is 57.6 Å². The van der Waals surface area contributed by atoms with Crippen molar-refractivity contribution in [3.63, 3.8) is 0 Å². The van der Waals surface area contributed by atoms with Gasteiger partial charge < -0.3 is 5.11 Å².